The number of rotatable bonds is 47. The minimum Gasteiger partial charge on any atom is -0.756 e. The average Bonchev–Trinajstić information content (AvgIpc) is 3.22. The maximum absolute atomic E-state index is 12.7. The summed E-state index contributed by atoms with van der Waals surface area (Å²) in [5.41, 5.74) is 0. The molecule has 2 unspecified atom stereocenters. The Morgan fingerprint density at radius 2 is 0.951 bits per heavy atom. The lowest BCUT2D eigenvalue weighted by molar-refractivity contribution is -0.870. The molecule has 0 saturated carbocycles. The Bertz CT molecular complexity index is 1120. The summed E-state index contributed by atoms with van der Waals surface area (Å²) in [5.74, 6) is -0.342. The molecule has 0 amide bonds. The molecule has 0 aromatic carbocycles. The van der Waals surface area contributed by atoms with Gasteiger partial charge < -0.3 is 27.9 Å². The van der Waals surface area contributed by atoms with Gasteiger partial charge in [0.15, 0.2) is 0 Å². The van der Waals surface area contributed by atoms with E-state index in [1.807, 2.05) is 21.1 Å². The summed E-state index contributed by atoms with van der Waals surface area (Å²) in [4.78, 5) is 25.2. The van der Waals surface area contributed by atoms with Gasteiger partial charge in [0, 0.05) is 13.0 Å². The van der Waals surface area contributed by atoms with Gasteiger partial charge in [-0.15, -0.1) is 0 Å². The van der Waals surface area contributed by atoms with Gasteiger partial charge in [-0.05, 0) is 51.4 Å². The van der Waals surface area contributed by atoms with E-state index in [1.54, 1.807) is 0 Å². The first kappa shape index (κ1) is 59.5. The predicted octanol–water partition coefficient (Wildman–Crippen LogP) is 14.9. The number of unbranched alkanes of at least 4 members (excludes halogenated alkanes) is 25. The summed E-state index contributed by atoms with van der Waals surface area (Å²) < 4.78 is 34.7. The summed E-state index contributed by atoms with van der Waals surface area (Å²) in [6.07, 6.45) is 55.7. The molecule has 0 fully saturated rings. The number of hydrogen-bond acceptors (Lipinski definition) is 7. The van der Waals surface area contributed by atoms with Gasteiger partial charge in [-0.2, -0.15) is 0 Å². The highest BCUT2D eigenvalue weighted by Gasteiger charge is 2.20. The average molecular weight is 880 g/mol. The van der Waals surface area contributed by atoms with Crippen molar-refractivity contribution in [3.8, 4) is 0 Å². The van der Waals surface area contributed by atoms with E-state index in [9.17, 15) is 14.3 Å². The summed E-state index contributed by atoms with van der Waals surface area (Å²) in [5, 5.41) is 0. The quantitative estimate of drug-likeness (QED) is 0.0198. The van der Waals surface area contributed by atoms with Crippen LogP contribution in [-0.2, 0) is 27.9 Å². The van der Waals surface area contributed by atoms with Gasteiger partial charge in [-0.3, -0.25) is 9.36 Å². The van der Waals surface area contributed by atoms with Crippen LogP contribution in [-0.4, -0.2) is 70.7 Å². The van der Waals surface area contributed by atoms with Crippen LogP contribution in [0.1, 0.15) is 219 Å². The zero-order valence-corrected chi connectivity index (χ0v) is 41.5. The summed E-state index contributed by atoms with van der Waals surface area (Å²) in [7, 11) is 1.34. The van der Waals surface area contributed by atoms with Gasteiger partial charge in [0.05, 0.1) is 34.4 Å². The van der Waals surface area contributed by atoms with E-state index in [0.717, 1.165) is 70.6 Å². The zero-order chi connectivity index (χ0) is 44.8. The SMILES string of the molecule is CC/C=C\C/C=C\C/C=C\C/C=C\CCCCCOCC(COP(=O)([O-])OCC[N+](C)(C)C)OC(=O)CCCCCCCCCCCCCCCCCCCCCCCCC. The van der Waals surface area contributed by atoms with Crippen LogP contribution in [0.15, 0.2) is 48.6 Å². The molecule has 0 saturated heterocycles. The molecular formula is C52H98NO7P. The normalized spacial score (nSPS) is 14.0. The summed E-state index contributed by atoms with van der Waals surface area (Å²) in [6.45, 7) is 5.25. The Kier molecular flexibility index (Phi) is 43.9. The summed E-state index contributed by atoms with van der Waals surface area (Å²) in [6, 6.07) is 0. The van der Waals surface area contributed by atoms with Crippen molar-refractivity contribution in [2.24, 2.45) is 0 Å². The van der Waals surface area contributed by atoms with Crippen LogP contribution in [0, 0.1) is 0 Å². The zero-order valence-electron chi connectivity index (χ0n) is 40.6. The largest absolute Gasteiger partial charge is 0.756 e. The van der Waals surface area contributed by atoms with E-state index in [0.29, 0.717) is 24.1 Å². The third-order valence-electron chi connectivity index (χ3n) is 10.9. The van der Waals surface area contributed by atoms with Gasteiger partial charge in [-0.1, -0.05) is 210 Å². The second-order valence-electron chi connectivity index (χ2n) is 18.2. The topological polar surface area (TPSA) is 94.1 Å². The van der Waals surface area contributed by atoms with Gasteiger partial charge in [0.1, 0.15) is 19.3 Å². The number of ether oxygens (including phenoxy) is 2. The lowest BCUT2D eigenvalue weighted by atomic mass is 10.0. The van der Waals surface area contributed by atoms with E-state index in [2.05, 4.69) is 62.5 Å². The van der Waals surface area contributed by atoms with E-state index in [-0.39, 0.29) is 25.8 Å². The third kappa shape index (κ3) is 49.3. The van der Waals surface area contributed by atoms with Crippen molar-refractivity contribution < 1.29 is 37.3 Å². The van der Waals surface area contributed by atoms with Crippen LogP contribution < -0.4 is 4.89 Å². The maximum Gasteiger partial charge on any atom is 0.306 e. The molecule has 0 aromatic rings. The molecule has 0 aliphatic heterocycles. The Hall–Kier alpha value is -1.54. The van der Waals surface area contributed by atoms with Crippen LogP contribution in [0.5, 0.6) is 0 Å². The lowest BCUT2D eigenvalue weighted by Gasteiger charge is -2.28. The number of esters is 1. The van der Waals surface area contributed by atoms with Crippen molar-refractivity contribution in [3.05, 3.63) is 48.6 Å². The fourth-order valence-electron chi connectivity index (χ4n) is 7.01. The molecule has 2 atom stereocenters. The first-order valence-electron chi connectivity index (χ1n) is 25.4. The van der Waals surface area contributed by atoms with Gasteiger partial charge in [0.2, 0.25) is 0 Å². The number of carbonyl (C=O) groups is 1. The molecule has 358 valence electrons. The minimum atomic E-state index is -4.54. The molecule has 0 aliphatic rings. The number of quaternary nitrogens is 1. The highest BCUT2D eigenvalue weighted by molar-refractivity contribution is 7.45. The molecule has 0 aromatic heterocycles. The molecule has 0 aliphatic carbocycles. The standard InChI is InChI=1S/C52H98NO7P/c1-6-8-10-12-14-16-18-20-22-24-25-26-27-28-29-30-31-33-35-37-39-41-43-45-52(54)60-51(50-59-61(55,56)58-48-46-53(3,4)5)49-57-47-44-42-40-38-36-34-32-23-21-19-17-15-13-11-9-7-2/h9,11,15,17,21,23,34,36,51H,6-8,10,12-14,16,18-20,22,24-33,35,37-50H2,1-5H3/b11-9-,17-15-,23-21-,36-34-. The molecule has 61 heavy (non-hydrogen) atoms. The number of allylic oxidation sites excluding steroid dienone is 8. The first-order valence-corrected chi connectivity index (χ1v) is 26.8. The highest BCUT2D eigenvalue weighted by atomic mass is 31.2. The molecule has 9 heteroatoms. The van der Waals surface area contributed by atoms with Crippen molar-refractivity contribution in [1.29, 1.82) is 0 Å². The molecular weight excluding hydrogens is 782 g/mol. The molecule has 0 rings (SSSR count). The number of phosphoric acid groups is 1. The Morgan fingerprint density at radius 1 is 0.525 bits per heavy atom. The van der Waals surface area contributed by atoms with Crippen LogP contribution in [0.4, 0.5) is 0 Å². The Morgan fingerprint density at radius 3 is 1.41 bits per heavy atom. The summed E-state index contributed by atoms with van der Waals surface area (Å²) >= 11 is 0. The lowest BCUT2D eigenvalue weighted by Crippen LogP contribution is -2.37. The minimum absolute atomic E-state index is 0.0195. The van der Waals surface area contributed by atoms with Crippen molar-refractivity contribution in [2.45, 2.75) is 225 Å². The number of hydrogen-bond donors (Lipinski definition) is 0. The first-order chi connectivity index (χ1) is 29.6. The smallest absolute Gasteiger partial charge is 0.306 e. The fraction of sp³-hybridized carbons (Fsp3) is 0.827. The fourth-order valence-corrected chi connectivity index (χ4v) is 7.74. The van der Waals surface area contributed by atoms with E-state index in [4.69, 9.17) is 18.5 Å². The maximum atomic E-state index is 12.7. The molecule has 0 heterocycles. The number of nitrogens with zero attached hydrogens (tertiary/aromatic N) is 1. The molecule has 0 radical (unpaired) electrons. The van der Waals surface area contributed by atoms with E-state index in [1.165, 1.54) is 128 Å². The van der Waals surface area contributed by atoms with Crippen molar-refractivity contribution in [1.82, 2.24) is 0 Å². The highest BCUT2D eigenvalue weighted by Crippen LogP contribution is 2.38. The van der Waals surface area contributed by atoms with Crippen molar-refractivity contribution >= 4 is 13.8 Å². The van der Waals surface area contributed by atoms with Gasteiger partial charge >= 0.3 is 5.97 Å². The molecule has 0 bridgehead atoms. The number of phosphoric ester groups is 1. The van der Waals surface area contributed by atoms with E-state index >= 15 is 0 Å². The number of carbonyl (C=O) groups excluding carboxylic acids is 1. The van der Waals surface area contributed by atoms with E-state index < -0.39 is 13.9 Å². The monoisotopic (exact) mass is 880 g/mol. The Balaban J connectivity index is 4.13. The Labute approximate surface area is 378 Å². The van der Waals surface area contributed by atoms with Gasteiger partial charge in [-0.25, -0.2) is 0 Å². The predicted molar refractivity (Wildman–Crippen MR) is 259 cm³/mol. The molecule has 8 nitrogen and oxygen atoms in total. The number of likely N-dealkylation sites (N-methyl/N-ethyl adjacent to an activating group) is 1. The second kappa shape index (κ2) is 45.0. The third-order valence-corrected chi connectivity index (χ3v) is 11.9. The molecule has 0 N–H and O–H groups in total. The van der Waals surface area contributed by atoms with Gasteiger partial charge in [0.25, 0.3) is 7.82 Å². The van der Waals surface area contributed by atoms with Crippen molar-refractivity contribution in [3.63, 3.8) is 0 Å². The second-order valence-corrected chi connectivity index (χ2v) is 19.6. The van der Waals surface area contributed by atoms with Crippen LogP contribution >= 0.6 is 7.82 Å². The van der Waals surface area contributed by atoms with Crippen LogP contribution in [0.2, 0.25) is 0 Å². The van der Waals surface area contributed by atoms with Crippen LogP contribution in [0.25, 0.3) is 0 Å². The van der Waals surface area contributed by atoms with Crippen molar-refractivity contribution in [2.75, 3.05) is 54.1 Å². The van der Waals surface area contributed by atoms with Crippen LogP contribution in [0.3, 0.4) is 0 Å². The molecule has 0 spiro atoms.